The Labute approximate surface area is 62.2 Å². The fourth-order valence-corrected chi connectivity index (χ4v) is 0.987. The Morgan fingerprint density at radius 1 is 1.22 bits per heavy atom. The molecule has 1 N–H and O–H groups in total. The van der Waals surface area contributed by atoms with Gasteiger partial charge in [-0.25, -0.2) is 0 Å². The fourth-order valence-electron chi connectivity index (χ4n) is 0.496. The molecule has 0 aliphatic carbocycles. The lowest BCUT2D eigenvalue weighted by atomic mass is 10.5. The van der Waals surface area contributed by atoms with Gasteiger partial charge < -0.3 is 0 Å². The first-order chi connectivity index (χ1) is 4.18. The standard InChI is InChI=1S/C5H4Cl2NO/c6-4-1-5(7)3-8(9)2-4/h1-3,9H/q+1. The van der Waals surface area contributed by atoms with Gasteiger partial charge in [-0.3, -0.25) is 5.21 Å². The summed E-state index contributed by atoms with van der Waals surface area (Å²) in [6.45, 7) is 0. The molecule has 0 spiro atoms. The third kappa shape index (κ3) is 1.73. The summed E-state index contributed by atoms with van der Waals surface area (Å²) in [7, 11) is 0. The van der Waals surface area contributed by atoms with Crippen LogP contribution in [0.5, 0.6) is 0 Å². The smallest absolute Gasteiger partial charge is 0.240 e. The van der Waals surface area contributed by atoms with E-state index in [2.05, 4.69) is 0 Å². The molecule has 0 unspecified atom stereocenters. The number of pyridine rings is 1. The van der Waals surface area contributed by atoms with Crippen molar-refractivity contribution in [2.75, 3.05) is 0 Å². The van der Waals surface area contributed by atoms with E-state index in [1.165, 1.54) is 18.5 Å². The fraction of sp³-hybridized carbons (Fsp3) is 0. The second-order valence-electron chi connectivity index (χ2n) is 1.55. The highest BCUT2D eigenvalue weighted by atomic mass is 35.5. The van der Waals surface area contributed by atoms with E-state index in [9.17, 15) is 0 Å². The molecule has 1 rings (SSSR count). The second-order valence-corrected chi connectivity index (χ2v) is 2.43. The predicted octanol–water partition coefficient (Wildman–Crippen LogP) is 1.52. The van der Waals surface area contributed by atoms with Gasteiger partial charge in [0.1, 0.15) is 10.0 Å². The Bertz CT molecular complexity index is 176. The second kappa shape index (κ2) is 2.42. The van der Waals surface area contributed by atoms with E-state index in [4.69, 9.17) is 28.4 Å². The number of halogens is 2. The molecule has 48 valence electrons. The highest BCUT2D eigenvalue weighted by Gasteiger charge is 2.00. The minimum atomic E-state index is 0.407. The summed E-state index contributed by atoms with van der Waals surface area (Å²) >= 11 is 11.0. The average molecular weight is 165 g/mol. The SMILES string of the molecule is O[n+]1cc(Cl)cc(Cl)c1. The zero-order valence-corrected chi connectivity index (χ0v) is 5.89. The predicted molar refractivity (Wildman–Crippen MR) is 33.8 cm³/mol. The molecular weight excluding hydrogens is 161 g/mol. The van der Waals surface area contributed by atoms with Gasteiger partial charge in [-0.05, 0) is 6.07 Å². The highest BCUT2D eigenvalue weighted by molar-refractivity contribution is 6.34. The molecule has 4 heteroatoms. The molecule has 0 aromatic carbocycles. The van der Waals surface area contributed by atoms with Crippen molar-refractivity contribution in [2.24, 2.45) is 0 Å². The van der Waals surface area contributed by atoms with Crippen molar-refractivity contribution in [2.45, 2.75) is 0 Å². The molecule has 0 saturated carbocycles. The first kappa shape index (κ1) is 6.65. The van der Waals surface area contributed by atoms with Crippen LogP contribution in [0.1, 0.15) is 0 Å². The summed E-state index contributed by atoms with van der Waals surface area (Å²) in [5.41, 5.74) is 0. The van der Waals surface area contributed by atoms with Crippen molar-refractivity contribution in [3.8, 4) is 0 Å². The summed E-state index contributed by atoms with van der Waals surface area (Å²) < 4.78 is 0.810. The van der Waals surface area contributed by atoms with Crippen LogP contribution in [0.4, 0.5) is 0 Å². The summed E-state index contributed by atoms with van der Waals surface area (Å²) in [6.07, 6.45) is 2.68. The minimum Gasteiger partial charge on any atom is -0.285 e. The molecule has 0 amide bonds. The molecule has 0 radical (unpaired) electrons. The lowest BCUT2D eigenvalue weighted by Crippen LogP contribution is -2.28. The Morgan fingerprint density at radius 2 is 1.67 bits per heavy atom. The summed E-state index contributed by atoms with van der Waals surface area (Å²) in [5.74, 6) is 0. The van der Waals surface area contributed by atoms with E-state index in [0.717, 1.165) is 4.73 Å². The number of hydrogen-bond acceptors (Lipinski definition) is 1. The summed E-state index contributed by atoms with van der Waals surface area (Å²) in [5, 5.41) is 9.56. The van der Waals surface area contributed by atoms with Gasteiger partial charge in [0, 0.05) is 4.73 Å². The molecule has 0 bridgehead atoms. The third-order valence-electron chi connectivity index (χ3n) is 0.787. The maximum atomic E-state index is 8.74. The maximum absolute atomic E-state index is 8.74. The van der Waals surface area contributed by atoms with Gasteiger partial charge in [-0.1, -0.05) is 23.2 Å². The van der Waals surface area contributed by atoms with Gasteiger partial charge in [-0.15, -0.1) is 0 Å². The number of nitrogens with zero attached hydrogens (tertiary/aromatic N) is 1. The van der Waals surface area contributed by atoms with Gasteiger partial charge in [0.15, 0.2) is 0 Å². The van der Waals surface area contributed by atoms with E-state index in [0.29, 0.717) is 10.0 Å². The highest BCUT2D eigenvalue weighted by Crippen LogP contribution is 2.10. The normalized spacial score (nSPS) is 9.56. The first-order valence-corrected chi connectivity index (χ1v) is 3.00. The quantitative estimate of drug-likeness (QED) is 0.457. The van der Waals surface area contributed by atoms with Crippen LogP contribution in [0, 0.1) is 0 Å². The average Bonchev–Trinajstić information content (AvgIpc) is 1.59. The van der Waals surface area contributed by atoms with E-state index < -0.39 is 0 Å². The maximum Gasteiger partial charge on any atom is 0.240 e. The van der Waals surface area contributed by atoms with Gasteiger partial charge in [0.05, 0.1) is 0 Å². The summed E-state index contributed by atoms with van der Waals surface area (Å²) in [6, 6.07) is 1.54. The summed E-state index contributed by atoms with van der Waals surface area (Å²) in [4.78, 5) is 0. The van der Waals surface area contributed by atoms with Crippen molar-refractivity contribution in [3.63, 3.8) is 0 Å². The Kier molecular flexibility index (Phi) is 1.78. The van der Waals surface area contributed by atoms with Crippen molar-refractivity contribution in [3.05, 3.63) is 28.5 Å². The van der Waals surface area contributed by atoms with Crippen LogP contribution in [0.15, 0.2) is 18.5 Å². The lowest BCUT2D eigenvalue weighted by Gasteiger charge is -1.85. The molecule has 1 aromatic heterocycles. The number of aromatic nitrogens is 1. The molecule has 1 aromatic rings. The molecule has 2 nitrogen and oxygen atoms in total. The largest absolute Gasteiger partial charge is 0.285 e. The van der Waals surface area contributed by atoms with Gasteiger partial charge in [-0.2, -0.15) is 0 Å². The molecule has 0 aliphatic heterocycles. The molecule has 9 heavy (non-hydrogen) atoms. The van der Waals surface area contributed by atoms with Crippen LogP contribution in [0.25, 0.3) is 0 Å². The molecule has 1 heterocycles. The molecule has 0 aliphatic rings. The first-order valence-electron chi connectivity index (χ1n) is 2.25. The Morgan fingerprint density at radius 3 is 2.00 bits per heavy atom. The van der Waals surface area contributed by atoms with Crippen LogP contribution >= 0.6 is 23.2 Å². The monoisotopic (exact) mass is 164 g/mol. The minimum absolute atomic E-state index is 0.407. The van der Waals surface area contributed by atoms with E-state index >= 15 is 0 Å². The zero-order chi connectivity index (χ0) is 6.85. The van der Waals surface area contributed by atoms with Crippen molar-refractivity contribution in [1.29, 1.82) is 0 Å². The molecule has 0 saturated heterocycles. The van der Waals surface area contributed by atoms with Gasteiger partial charge >= 0.3 is 0 Å². The Balaban J connectivity index is 3.17. The van der Waals surface area contributed by atoms with Gasteiger partial charge in [0.25, 0.3) is 0 Å². The number of hydrogen-bond donors (Lipinski definition) is 1. The lowest BCUT2D eigenvalue weighted by molar-refractivity contribution is -0.904. The van der Waals surface area contributed by atoms with Crippen LogP contribution in [-0.2, 0) is 0 Å². The zero-order valence-electron chi connectivity index (χ0n) is 4.38. The van der Waals surface area contributed by atoms with Crippen molar-refractivity contribution in [1.82, 2.24) is 0 Å². The van der Waals surface area contributed by atoms with Crippen LogP contribution in [0.3, 0.4) is 0 Å². The topological polar surface area (TPSA) is 24.1 Å². The van der Waals surface area contributed by atoms with Crippen molar-refractivity contribution >= 4 is 23.2 Å². The molecular formula is C5H4Cl2NO+. The van der Waals surface area contributed by atoms with Crippen LogP contribution in [0.2, 0.25) is 10.0 Å². The third-order valence-corrected chi connectivity index (χ3v) is 1.20. The van der Waals surface area contributed by atoms with Gasteiger partial charge in [0.2, 0.25) is 12.4 Å². The van der Waals surface area contributed by atoms with Crippen LogP contribution in [-0.4, -0.2) is 5.21 Å². The van der Waals surface area contributed by atoms with Crippen LogP contribution < -0.4 is 4.73 Å². The molecule has 0 atom stereocenters. The van der Waals surface area contributed by atoms with Crippen molar-refractivity contribution < 1.29 is 9.94 Å². The van der Waals surface area contributed by atoms with E-state index in [1.54, 1.807) is 0 Å². The molecule has 0 fully saturated rings. The van der Waals surface area contributed by atoms with E-state index in [-0.39, 0.29) is 0 Å². The number of rotatable bonds is 0. The van der Waals surface area contributed by atoms with E-state index in [1.807, 2.05) is 0 Å². The Hall–Kier alpha value is -0.470.